The van der Waals surface area contributed by atoms with Gasteiger partial charge in [-0.15, -0.1) is 11.8 Å². The van der Waals surface area contributed by atoms with Gasteiger partial charge < -0.3 is 5.32 Å². The fraction of sp³-hybridized carbons (Fsp3) is 0.556. The van der Waals surface area contributed by atoms with Crippen molar-refractivity contribution < 1.29 is 0 Å². The van der Waals surface area contributed by atoms with Crippen LogP contribution < -0.4 is 5.32 Å². The van der Waals surface area contributed by atoms with Gasteiger partial charge in [-0.25, -0.2) is 0 Å². The number of rotatable bonds is 7. The van der Waals surface area contributed by atoms with E-state index in [-0.39, 0.29) is 5.41 Å². The van der Waals surface area contributed by atoms with Gasteiger partial charge in [0, 0.05) is 17.9 Å². The van der Waals surface area contributed by atoms with Crippen LogP contribution in [0, 0.1) is 11.8 Å². The van der Waals surface area contributed by atoms with E-state index in [2.05, 4.69) is 68.3 Å². The SMILES string of the molecule is CC#CCCC(NCCC)C(C)(C)c1ccccc1. The Kier molecular flexibility index (Phi) is 6.67. The normalized spacial score (nSPS) is 12.6. The zero-order valence-electron chi connectivity index (χ0n) is 12.8. The van der Waals surface area contributed by atoms with Gasteiger partial charge in [-0.05, 0) is 31.9 Å². The van der Waals surface area contributed by atoms with Crippen molar-refractivity contribution in [2.75, 3.05) is 6.54 Å². The predicted molar refractivity (Wildman–Crippen MR) is 84.2 cm³/mol. The summed E-state index contributed by atoms with van der Waals surface area (Å²) in [4.78, 5) is 0. The van der Waals surface area contributed by atoms with E-state index in [0.29, 0.717) is 6.04 Å². The maximum absolute atomic E-state index is 3.70. The summed E-state index contributed by atoms with van der Waals surface area (Å²) in [6.45, 7) is 9.85. The second-order valence-electron chi connectivity index (χ2n) is 5.56. The molecule has 104 valence electrons. The van der Waals surface area contributed by atoms with Gasteiger partial charge in [0.1, 0.15) is 0 Å². The van der Waals surface area contributed by atoms with Crippen molar-refractivity contribution in [1.82, 2.24) is 5.32 Å². The molecule has 0 spiro atoms. The van der Waals surface area contributed by atoms with Crippen LogP contribution in [0.4, 0.5) is 0 Å². The molecule has 1 unspecified atom stereocenters. The third-order valence-electron chi connectivity index (χ3n) is 3.76. The highest BCUT2D eigenvalue weighted by Gasteiger charge is 2.30. The molecule has 1 N–H and O–H groups in total. The van der Waals surface area contributed by atoms with E-state index in [1.54, 1.807) is 0 Å². The summed E-state index contributed by atoms with van der Waals surface area (Å²) in [5.41, 5.74) is 1.53. The standard InChI is InChI=1S/C18H27N/c1-5-7-9-14-17(19-15-6-2)18(3,4)16-12-10-8-11-13-16/h8,10-13,17,19H,6,9,14-15H2,1-4H3. The van der Waals surface area contributed by atoms with E-state index in [9.17, 15) is 0 Å². The summed E-state index contributed by atoms with van der Waals surface area (Å²) in [5.74, 6) is 6.18. The minimum atomic E-state index is 0.131. The average Bonchev–Trinajstić information content (AvgIpc) is 2.43. The van der Waals surface area contributed by atoms with E-state index in [4.69, 9.17) is 0 Å². The molecule has 1 nitrogen and oxygen atoms in total. The Labute approximate surface area is 118 Å². The molecule has 0 aliphatic rings. The fourth-order valence-electron chi connectivity index (χ4n) is 2.45. The molecular formula is C18H27N. The highest BCUT2D eigenvalue weighted by atomic mass is 14.9. The highest BCUT2D eigenvalue weighted by Crippen LogP contribution is 2.29. The first-order chi connectivity index (χ1) is 9.12. The molecule has 1 aromatic rings. The Morgan fingerprint density at radius 3 is 2.47 bits per heavy atom. The zero-order chi connectivity index (χ0) is 14.1. The van der Waals surface area contributed by atoms with Crippen molar-refractivity contribution in [2.45, 2.75) is 58.4 Å². The minimum Gasteiger partial charge on any atom is -0.313 e. The largest absolute Gasteiger partial charge is 0.313 e. The summed E-state index contributed by atoms with van der Waals surface area (Å²) in [7, 11) is 0. The molecule has 0 fully saturated rings. The lowest BCUT2D eigenvalue weighted by Gasteiger charge is -2.35. The van der Waals surface area contributed by atoms with Crippen LogP contribution in [0.5, 0.6) is 0 Å². The van der Waals surface area contributed by atoms with Crippen molar-refractivity contribution in [1.29, 1.82) is 0 Å². The molecule has 0 bridgehead atoms. The van der Waals surface area contributed by atoms with Crippen molar-refractivity contribution >= 4 is 0 Å². The number of benzene rings is 1. The van der Waals surface area contributed by atoms with E-state index in [0.717, 1.165) is 19.4 Å². The van der Waals surface area contributed by atoms with E-state index in [1.165, 1.54) is 12.0 Å². The molecule has 1 atom stereocenters. The summed E-state index contributed by atoms with van der Waals surface area (Å²) in [6.07, 6.45) is 3.23. The molecule has 0 aromatic heterocycles. The first kappa shape index (κ1) is 15.8. The summed E-state index contributed by atoms with van der Waals surface area (Å²) in [5, 5.41) is 3.70. The van der Waals surface area contributed by atoms with E-state index in [1.807, 2.05) is 6.92 Å². The van der Waals surface area contributed by atoms with Gasteiger partial charge in [0.15, 0.2) is 0 Å². The Morgan fingerprint density at radius 2 is 1.89 bits per heavy atom. The van der Waals surface area contributed by atoms with E-state index >= 15 is 0 Å². The molecule has 1 heteroatoms. The quantitative estimate of drug-likeness (QED) is 0.724. The van der Waals surface area contributed by atoms with Gasteiger partial charge >= 0.3 is 0 Å². The van der Waals surface area contributed by atoms with Gasteiger partial charge in [0.05, 0.1) is 0 Å². The zero-order valence-corrected chi connectivity index (χ0v) is 12.8. The average molecular weight is 257 g/mol. The topological polar surface area (TPSA) is 12.0 Å². The molecule has 1 aromatic carbocycles. The van der Waals surface area contributed by atoms with Crippen LogP contribution in [0.2, 0.25) is 0 Å². The van der Waals surface area contributed by atoms with Crippen LogP contribution in [0.25, 0.3) is 0 Å². The Hall–Kier alpha value is -1.26. The van der Waals surface area contributed by atoms with Gasteiger partial charge in [-0.2, -0.15) is 0 Å². The maximum Gasteiger partial charge on any atom is 0.0168 e. The number of nitrogens with one attached hydrogen (secondary N) is 1. The molecule has 0 saturated carbocycles. The second kappa shape index (κ2) is 8.02. The monoisotopic (exact) mass is 257 g/mol. The molecule has 19 heavy (non-hydrogen) atoms. The van der Waals surface area contributed by atoms with Crippen molar-refractivity contribution in [3.05, 3.63) is 35.9 Å². The van der Waals surface area contributed by atoms with Crippen molar-refractivity contribution in [3.8, 4) is 11.8 Å². The number of hydrogen-bond donors (Lipinski definition) is 1. The Morgan fingerprint density at radius 1 is 1.21 bits per heavy atom. The van der Waals surface area contributed by atoms with Gasteiger partial charge in [-0.1, -0.05) is 51.1 Å². The van der Waals surface area contributed by atoms with Gasteiger partial charge in [0.25, 0.3) is 0 Å². The minimum absolute atomic E-state index is 0.131. The van der Waals surface area contributed by atoms with Crippen molar-refractivity contribution in [3.63, 3.8) is 0 Å². The van der Waals surface area contributed by atoms with Crippen LogP contribution in [0.15, 0.2) is 30.3 Å². The molecular weight excluding hydrogens is 230 g/mol. The van der Waals surface area contributed by atoms with Gasteiger partial charge in [-0.3, -0.25) is 0 Å². The Bertz CT molecular complexity index is 408. The second-order valence-corrected chi connectivity index (χ2v) is 5.56. The smallest absolute Gasteiger partial charge is 0.0168 e. The first-order valence-electron chi connectivity index (χ1n) is 7.31. The van der Waals surface area contributed by atoms with Crippen molar-refractivity contribution in [2.24, 2.45) is 0 Å². The summed E-state index contributed by atoms with van der Waals surface area (Å²) in [6, 6.07) is 11.3. The maximum atomic E-state index is 3.70. The van der Waals surface area contributed by atoms with Crippen LogP contribution in [0.3, 0.4) is 0 Å². The predicted octanol–water partition coefficient (Wildman–Crippen LogP) is 4.14. The molecule has 1 rings (SSSR count). The molecule has 0 radical (unpaired) electrons. The summed E-state index contributed by atoms with van der Waals surface area (Å²) < 4.78 is 0. The molecule has 0 aliphatic carbocycles. The lowest BCUT2D eigenvalue weighted by atomic mass is 9.76. The molecule has 0 heterocycles. The van der Waals surface area contributed by atoms with Crippen LogP contribution in [0.1, 0.15) is 52.5 Å². The first-order valence-corrected chi connectivity index (χ1v) is 7.31. The lowest BCUT2D eigenvalue weighted by molar-refractivity contribution is 0.325. The molecule has 0 amide bonds. The third kappa shape index (κ3) is 4.73. The van der Waals surface area contributed by atoms with E-state index < -0.39 is 0 Å². The molecule has 0 saturated heterocycles. The fourth-order valence-corrected chi connectivity index (χ4v) is 2.45. The Balaban J connectivity index is 2.83. The molecule has 0 aliphatic heterocycles. The van der Waals surface area contributed by atoms with Crippen LogP contribution >= 0.6 is 0 Å². The van der Waals surface area contributed by atoms with Crippen LogP contribution in [-0.4, -0.2) is 12.6 Å². The highest BCUT2D eigenvalue weighted by molar-refractivity contribution is 5.26. The van der Waals surface area contributed by atoms with Crippen LogP contribution in [-0.2, 0) is 5.41 Å². The number of hydrogen-bond acceptors (Lipinski definition) is 1. The summed E-state index contributed by atoms with van der Waals surface area (Å²) >= 11 is 0. The lowest BCUT2D eigenvalue weighted by Crippen LogP contribution is -2.45. The van der Waals surface area contributed by atoms with Gasteiger partial charge in [0.2, 0.25) is 0 Å². The third-order valence-corrected chi connectivity index (χ3v) is 3.76.